The minimum absolute atomic E-state index is 0.0643. The summed E-state index contributed by atoms with van der Waals surface area (Å²) in [5, 5.41) is 20.8. The molecule has 2 fully saturated rings. The Morgan fingerprint density at radius 1 is 0.880 bits per heavy atom. The number of aliphatic hydroxyl groups is 1. The van der Waals surface area contributed by atoms with Crippen LogP contribution in [0.1, 0.15) is 84.3 Å². The number of hydrogen-bond acceptors (Lipinski definition) is 7. The van der Waals surface area contributed by atoms with E-state index in [-0.39, 0.29) is 25.3 Å². The number of amides is 3. The molecule has 6 atom stereocenters. The van der Waals surface area contributed by atoms with Crippen molar-refractivity contribution in [1.29, 1.82) is 0 Å². The van der Waals surface area contributed by atoms with E-state index < -0.39 is 56.2 Å². The van der Waals surface area contributed by atoms with Crippen LogP contribution in [0.3, 0.4) is 0 Å². The molecule has 2 aromatic carbocycles. The second-order valence-corrected chi connectivity index (χ2v) is 18.6. The molecule has 6 unspecified atom stereocenters. The lowest BCUT2D eigenvalue weighted by Gasteiger charge is -2.47. The van der Waals surface area contributed by atoms with E-state index in [1.807, 2.05) is 81.4 Å². The number of aliphatic hydroxyl groups excluding tert-OH is 1. The average Bonchev–Trinajstić information content (AvgIpc) is 3.05. The lowest BCUT2D eigenvalue weighted by atomic mass is 9.72. The zero-order chi connectivity index (χ0) is 36.7. The van der Waals surface area contributed by atoms with E-state index in [4.69, 9.17) is 0 Å². The van der Waals surface area contributed by atoms with Gasteiger partial charge in [0.25, 0.3) is 0 Å². The quantitative estimate of drug-likeness (QED) is 0.234. The molecule has 1 aliphatic heterocycles. The summed E-state index contributed by atoms with van der Waals surface area (Å²) in [5.74, 6) is -0.319. The molecular formula is C39H58N4O6S. The zero-order valence-electron chi connectivity index (χ0n) is 30.7. The first-order chi connectivity index (χ1) is 23.4. The number of benzene rings is 2. The fourth-order valence-electron chi connectivity index (χ4n) is 7.32. The van der Waals surface area contributed by atoms with Crippen molar-refractivity contribution in [2.75, 3.05) is 19.3 Å². The maximum Gasteiger partial charge on any atom is 0.244 e. The molecule has 50 heavy (non-hydrogen) atoms. The highest BCUT2D eigenvalue weighted by atomic mass is 32.2. The maximum atomic E-state index is 14.2. The number of nitrogens with one attached hydrogen (secondary N) is 3. The van der Waals surface area contributed by atoms with Crippen LogP contribution in [0.4, 0.5) is 0 Å². The van der Waals surface area contributed by atoms with E-state index in [2.05, 4.69) is 20.9 Å². The van der Waals surface area contributed by atoms with Gasteiger partial charge in [0, 0.05) is 31.3 Å². The van der Waals surface area contributed by atoms with Crippen LogP contribution in [0.15, 0.2) is 60.7 Å². The molecule has 4 N–H and O–H groups in total. The monoisotopic (exact) mass is 710 g/mol. The number of nitrogens with zero attached hydrogens (tertiary/aromatic N) is 1. The number of rotatable bonds is 14. The van der Waals surface area contributed by atoms with Crippen LogP contribution >= 0.6 is 0 Å². The third-order valence-electron chi connectivity index (χ3n) is 10.5. The van der Waals surface area contributed by atoms with Gasteiger partial charge in [-0.05, 0) is 83.3 Å². The number of hydrogen-bond donors (Lipinski definition) is 4. The van der Waals surface area contributed by atoms with Gasteiger partial charge < -0.3 is 21.1 Å². The van der Waals surface area contributed by atoms with Gasteiger partial charge in [0.2, 0.25) is 17.7 Å². The second kappa shape index (κ2) is 16.8. The summed E-state index contributed by atoms with van der Waals surface area (Å²) in [6, 6.07) is 16.2. The lowest BCUT2D eigenvalue weighted by molar-refractivity contribution is -0.133. The summed E-state index contributed by atoms with van der Waals surface area (Å²) in [4.78, 5) is 43.1. The van der Waals surface area contributed by atoms with Crippen LogP contribution in [0.25, 0.3) is 0 Å². The summed E-state index contributed by atoms with van der Waals surface area (Å²) < 4.78 is 24.4. The van der Waals surface area contributed by atoms with Gasteiger partial charge in [-0.1, -0.05) is 79.9 Å². The third-order valence-corrected chi connectivity index (χ3v) is 12.7. The van der Waals surface area contributed by atoms with Crippen LogP contribution in [0.2, 0.25) is 0 Å². The molecule has 1 saturated carbocycles. The Morgan fingerprint density at radius 3 is 2.04 bits per heavy atom. The first kappa shape index (κ1) is 39.5. The standard InChI is InChI=1S/C39H58N4O6S/c1-38(2,3)42-36(46)32-24-29-19-13-14-20-30(29)25-43(32)26-33(44)31(23-28-17-11-8-12-18-28)40-37(47)35(39(4,5)50(6,48)49)41-34(45)22-21-27-15-9-7-10-16-27/h7-12,15-18,29-33,35,44H,13-14,19-26H2,1-6H3,(H,40,47)(H,41,45)(H,42,46). The summed E-state index contributed by atoms with van der Waals surface area (Å²) in [7, 11) is -3.83. The van der Waals surface area contributed by atoms with Gasteiger partial charge in [0.05, 0.1) is 22.9 Å². The zero-order valence-corrected chi connectivity index (χ0v) is 31.5. The van der Waals surface area contributed by atoms with E-state index in [1.165, 1.54) is 13.8 Å². The fraction of sp³-hybridized carbons (Fsp3) is 0.615. The number of likely N-dealkylation sites (tertiary alicyclic amines) is 1. The Morgan fingerprint density at radius 2 is 1.46 bits per heavy atom. The van der Waals surface area contributed by atoms with Gasteiger partial charge in [-0.15, -0.1) is 0 Å². The van der Waals surface area contributed by atoms with Gasteiger partial charge in [-0.2, -0.15) is 0 Å². The third kappa shape index (κ3) is 10.9. The van der Waals surface area contributed by atoms with Gasteiger partial charge >= 0.3 is 0 Å². The predicted molar refractivity (Wildman–Crippen MR) is 197 cm³/mol. The Hall–Kier alpha value is -3.28. The number of carbonyl (C=O) groups excluding carboxylic acids is 3. The van der Waals surface area contributed by atoms with Crippen molar-refractivity contribution in [3.63, 3.8) is 0 Å². The van der Waals surface area contributed by atoms with E-state index in [9.17, 15) is 27.9 Å². The molecule has 0 bridgehead atoms. The van der Waals surface area contributed by atoms with Gasteiger partial charge in [-0.3, -0.25) is 19.3 Å². The van der Waals surface area contributed by atoms with Crippen LogP contribution in [0.5, 0.6) is 0 Å². The van der Waals surface area contributed by atoms with Crippen LogP contribution < -0.4 is 16.0 Å². The molecule has 2 aliphatic rings. The van der Waals surface area contributed by atoms with E-state index in [0.717, 1.165) is 43.1 Å². The number of sulfone groups is 1. The Kier molecular flexibility index (Phi) is 13.3. The highest BCUT2D eigenvalue weighted by Crippen LogP contribution is 2.39. The van der Waals surface area contributed by atoms with Gasteiger partial charge in [0.1, 0.15) is 6.04 Å². The minimum Gasteiger partial charge on any atom is -0.390 e. The molecule has 10 nitrogen and oxygen atoms in total. The second-order valence-electron chi connectivity index (χ2n) is 16.0. The van der Waals surface area contributed by atoms with Crippen molar-refractivity contribution in [3.05, 3.63) is 71.8 Å². The van der Waals surface area contributed by atoms with Crippen LogP contribution in [-0.2, 0) is 37.1 Å². The molecule has 1 aliphatic carbocycles. The first-order valence-electron chi connectivity index (χ1n) is 18.1. The fourth-order valence-corrected chi connectivity index (χ4v) is 7.91. The molecule has 2 aromatic rings. The molecule has 11 heteroatoms. The van der Waals surface area contributed by atoms with Crippen molar-refractivity contribution in [2.24, 2.45) is 11.8 Å². The molecule has 0 spiro atoms. The number of piperidine rings is 1. The highest BCUT2D eigenvalue weighted by Gasteiger charge is 2.46. The predicted octanol–water partition coefficient (Wildman–Crippen LogP) is 3.81. The molecule has 276 valence electrons. The normalized spacial score (nSPS) is 22.0. The number of β-amino-alcohol motifs (C(OH)–C–C–N with tert-alkyl or cyclic N) is 1. The van der Waals surface area contributed by atoms with Gasteiger partial charge in [-0.25, -0.2) is 8.42 Å². The molecule has 1 saturated heterocycles. The van der Waals surface area contributed by atoms with E-state index >= 15 is 0 Å². The molecule has 4 rings (SSSR count). The van der Waals surface area contributed by atoms with Crippen molar-refractivity contribution in [2.45, 2.75) is 121 Å². The summed E-state index contributed by atoms with van der Waals surface area (Å²) in [6.45, 7) is 9.55. The number of fused-ring (bicyclic) bond motifs is 1. The maximum absolute atomic E-state index is 14.2. The molecule has 0 aromatic heterocycles. The highest BCUT2D eigenvalue weighted by molar-refractivity contribution is 7.92. The summed E-state index contributed by atoms with van der Waals surface area (Å²) >= 11 is 0. The summed E-state index contributed by atoms with van der Waals surface area (Å²) in [5.41, 5.74) is 1.40. The van der Waals surface area contributed by atoms with Crippen molar-refractivity contribution < 1.29 is 27.9 Å². The summed E-state index contributed by atoms with van der Waals surface area (Å²) in [6.07, 6.45) is 5.93. The Balaban J connectivity index is 1.58. The van der Waals surface area contributed by atoms with Crippen molar-refractivity contribution in [1.82, 2.24) is 20.9 Å². The van der Waals surface area contributed by atoms with Crippen molar-refractivity contribution in [3.8, 4) is 0 Å². The minimum atomic E-state index is -3.83. The smallest absolute Gasteiger partial charge is 0.244 e. The largest absolute Gasteiger partial charge is 0.390 e. The van der Waals surface area contributed by atoms with Crippen LogP contribution in [0, 0.1) is 11.8 Å². The topological polar surface area (TPSA) is 145 Å². The Bertz CT molecular complexity index is 1540. The molecular weight excluding hydrogens is 653 g/mol. The van der Waals surface area contributed by atoms with E-state index in [1.54, 1.807) is 0 Å². The van der Waals surface area contributed by atoms with Gasteiger partial charge in [0.15, 0.2) is 9.84 Å². The molecule has 0 radical (unpaired) electrons. The first-order valence-corrected chi connectivity index (χ1v) is 19.9. The molecule has 1 heterocycles. The number of aryl methyl sites for hydroxylation is 1. The van der Waals surface area contributed by atoms with E-state index in [0.29, 0.717) is 31.2 Å². The SMILES string of the molecule is CC(C)(C)NC(=O)C1CC2CCCCC2CN1CC(O)C(Cc1ccccc1)NC(=O)C(NC(=O)CCc1ccccc1)C(C)(C)S(C)(=O)=O. The van der Waals surface area contributed by atoms with Crippen molar-refractivity contribution >= 4 is 27.6 Å². The Labute approximate surface area is 299 Å². The number of carbonyl (C=O) groups is 3. The average molecular weight is 711 g/mol. The molecule has 3 amide bonds. The van der Waals surface area contributed by atoms with Crippen LogP contribution in [-0.4, -0.2) is 90.0 Å². The lowest BCUT2D eigenvalue weighted by Crippen LogP contribution is -2.64.